The van der Waals surface area contributed by atoms with Gasteiger partial charge in [0.2, 0.25) is 0 Å². The number of carbonyl (C=O) groups excluding carboxylic acids is 8. The van der Waals surface area contributed by atoms with Crippen molar-refractivity contribution in [3.8, 4) is 55.6 Å². The number of rotatable bonds is 13. The molecule has 0 aliphatic carbocycles. The molecule has 0 spiro atoms. The number of hydrogen-bond donors (Lipinski definition) is 0. The Labute approximate surface area is 627 Å². The highest BCUT2D eigenvalue weighted by Gasteiger charge is 2.29. The second-order valence-electron chi connectivity index (χ2n) is 27.9. The molecule has 0 aliphatic rings. The average Bonchev–Trinajstić information content (AvgIpc) is 0.687. The van der Waals surface area contributed by atoms with Crippen LogP contribution in [0.1, 0.15) is 194 Å². The van der Waals surface area contributed by atoms with Gasteiger partial charge in [0.25, 0.3) is 0 Å². The minimum Gasteiger partial charge on any atom is -0.545 e. The van der Waals surface area contributed by atoms with Crippen LogP contribution in [0.3, 0.4) is 0 Å². The second-order valence-corrected chi connectivity index (χ2v) is 27.9. The lowest BCUT2D eigenvalue weighted by atomic mass is 9.76. The van der Waals surface area contributed by atoms with Crippen molar-refractivity contribution >= 4 is 80.1 Å². The van der Waals surface area contributed by atoms with Gasteiger partial charge in [0, 0.05) is 22.3 Å². The zero-order chi connectivity index (χ0) is 80.2. The highest BCUT2D eigenvalue weighted by atomic mass is 16.4. The van der Waals surface area contributed by atoms with E-state index in [9.17, 15) is 79.2 Å². The van der Waals surface area contributed by atoms with Crippen molar-refractivity contribution in [2.45, 2.75) is 138 Å². The minimum atomic E-state index is -1.23. The number of aromatic carboxylic acids is 8. The van der Waals surface area contributed by atoms with E-state index in [1.54, 1.807) is 48.5 Å². The van der Waals surface area contributed by atoms with Gasteiger partial charge in [0.1, 0.15) is 0 Å². The van der Waals surface area contributed by atoms with Gasteiger partial charge in [-0.25, -0.2) is 0 Å². The van der Waals surface area contributed by atoms with E-state index in [0.29, 0.717) is 22.3 Å². The van der Waals surface area contributed by atoms with E-state index in [4.69, 9.17) is 0 Å². The fourth-order valence-electron chi connectivity index (χ4n) is 15.9. The summed E-state index contributed by atoms with van der Waals surface area (Å²) in [5.41, 5.74) is 29.2. The zero-order valence-corrected chi connectivity index (χ0v) is 64.1. The maximum Gasteiger partial charge on any atom is 0.0721 e. The third-order valence-electron chi connectivity index (χ3n) is 22.4. The first-order valence-corrected chi connectivity index (χ1v) is 34.9. The van der Waals surface area contributed by atoms with E-state index in [1.807, 2.05) is 135 Å². The van der Waals surface area contributed by atoms with Crippen LogP contribution in [0.5, 0.6) is 0 Å². The standard InChI is InChI=1S/C32H38O4.C26H26O4.C20H14O4.C14H10O4/c1-13-14(2)26(28-19(7)23(11)30(32(35)36)24(12)20(28)8)16(4)15(3)25(13)27-17(5)21(9)29(31(33)34)22(10)18(27)6;1-9-10(2)18-14(6)22(26(29)30)16(8)20-12(4)11(3)19-15(7)21(25(27)28)13(5)17(9)23(19)24(18)20;21-19(22)17-9-5-15(6-10-17)13-1-2-14(4-3-13)16-7-11-18(12-8-16)20(23)24;15-13(16)11-5-1-9(2-6-11)10-3-7-12(8-4-10)14(17)18/h1-12H3,(H,33,34)(H,35,36);1-8H3,(H,27,28)(H,29,30);1-12H,(H,21,22)(H,23,24);1-8H,(H,15,16)(H,17,18)/p-8. The van der Waals surface area contributed by atoms with E-state index < -0.39 is 47.8 Å². The van der Waals surface area contributed by atoms with Gasteiger partial charge in [-0.05, 0) is 360 Å². The fourth-order valence-corrected chi connectivity index (χ4v) is 15.9. The third kappa shape index (κ3) is 14.2. The van der Waals surface area contributed by atoms with Crippen LogP contribution in [0.15, 0.2) is 121 Å². The van der Waals surface area contributed by atoms with Crippen LogP contribution in [0, 0.1) is 138 Å². The zero-order valence-electron chi connectivity index (χ0n) is 64.1. The average molecular weight is 1440 g/mol. The Bertz CT molecular complexity index is 5260. The van der Waals surface area contributed by atoms with Gasteiger partial charge < -0.3 is 79.2 Å². The van der Waals surface area contributed by atoms with Crippen molar-refractivity contribution in [3.05, 3.63) is 277 Å². The van der Waals surface area contributed by atoms with Crippen LogP contribution >= 0.6 is 0 Å². The molecule has 0 aliphatic heterocycles. The first-order valence-electron chi connectivity index (χ1n) is 34.9. The smallest absolute Gasteiger partial charge is 0.0721 e. The quantitative estimate of drug-likeness (QED) is 0.0968. The molecule has 0 aromatic heterocycles. The molecule has 0 amide bonds. The first-order chi connectivity index (χ1) is 50.6. The minimum absolute atomic E-state index is 0.102. The summed E-state index contributed by atoms with van der Waals surface area (Å²) in [6, 6.07) is 33.0. The maximum atomic E-state index is 12.0. The molecule has 0 saturated carbocycles. The maximum absolute atomic E-state index is 12.0. The number of hydrogen-bond acceptors (Lipinski definition) is 16. The summed E-state index contributed by atoms with van der Waals surface area (Å²) in [5.74, 6) is -9.48. The lowest BCUT2D eigenvalue weighted by Crippen LogP contribution is -2.26. The van der Waals surface area contributed by atoms with Gasteiger partial charge in [-0.1, -0.05) is 121 Å². The van der Waals surface area contributed by atoms with Crippen LogP contribution in [-0.2, 0) is 0 Å². The van der Waals surface area contributed by atoms with Gasteiger partial charge in [0.15, 0.2) is 0 Å². The van der Waals surface area contributed by atoms with E-state index in [1.165, 1.54) is 48.5 Å². The Hall–Kier alpha value is -12.6. The van der Waals surface area contributed by atoms with Crippen molar-refractivity contribution in [1.82, 2.24) is 0 Å². The van der Waals surface area contributed by atoms with Crippen LogP contribution in [0.2, 0.25) is 0 Å². The van der Waals surface area contributed by atoms with Crippen LogP contribution in [0.4, 0.5) is 0 Å². The SMILES string of the molecule is Cc1c(C(=O)[O-])c(C)c2c(C)c(C)c3c(C)c(C(=O)[O-])c(C)c4c(C)c(C)c1c2c43.Cc1c(C)c(-c2c(C)c(C)c(-c3c(C)c(C)c(C(=O)[O-])c(C)c3C)c(C)c2C)c(C)c(C)c1C(=O)[O-].O=C([O-])c1ccc(-c2ccc(-c3ccc(C(=O)[O-])cc3)cc2)cc1.O=C([O-])c1ccc(-c2ccc(C(=O)[O-])cc2)cc1. The largest absolute Gasteiger partial charge is 0.545 e. The van der Waals surface area contributed by atoms with E-state index in [2.05, 4.69) is 27.7 Å². The summed E-state index contributed by atoms with van der Waals surface area (Å²) in [7, 11) is 0. The summed E-state index contributed by atoms with van der Waals surface area (Å²) in [5, 5.41) is 96.3. The van der Waals surface area contributed by atoms with E-state index in [0.717, 1.165) is 177 Å². The highest BCUT2D eigenvalue weighted by molar-refractivity contribution is 6.31. The van der Waals surface area contributed by atoms with Crippen molar-refractivity contribution < 1.29 is 79.2 Å². The molecule has 12 rings (SSSR count). The van der Waals surface area contributed by atoms with Gasteiger partial charge in [-0.15, -0.1) is 0 Å². The molecule has 16 heteroatoms. The highest BCUT2D eigenvalue weighted by Crippen LogP contribution is 2.50. The molecule has 0 fully saturated rings. The molecule has 108 heavy (non-hydrogen) atoms. The predicted molar refractivity (Wildman–Crippen MR) is 406 cm³/mol. The molecule has 0 heterocycles. The Morgan fingerprint density at radius 2 is 0.287 bits per heavy atom. The molecule has 12 aromatic carbocycles. The molecule has 0 saturated heterocycles. The van der Waals surface area contributed by atoms with Crippen molar-refractivity contribution in [2.24, 2.45) is 0 Å². The van der Waals surface area contributed by atoms with Crippen LogP contribution in [0.25, 0.3) is 88.0 Å². The second kappa shape index (κ2) is 30.9. The molecule has 16 nitrogen and oxygen atoms in total. The molecule has 0 radical (unpaired) electrons. The lowest BCUT2D eigenvalue weighted by Gasteiger charge is -2.28. The van der Waals surface area contributed by atoms with Gasteiger partial charge in [0.05, 0.1) is 47.8 Å². The number of aryl methyl sites for hydroxylation is 8. The number of carbonyl (C=O) groups is 8. The van der Waals surface area contributed by atoms with Crippen molar-refractivity contribution in [3.63, 3.8) is 0 Å². The Balaban J connectivity index is 0.000000171. The monoisotopic (exact) mass is 1440 g/mol. The Kier molecular flexibility index (Phi) is 22.7. The van der Waals surface area contributed by atoms with E-state index in [-0.39, 0.29) is 44.5 Å². The van der Waals surface area contributed by atoms with Crippen molar-refractivity contribution in [1.29, 1.82) is 0 Å². The summed E-state index contributed by atoms with van der Waals surface area (Å²) in [4.78, 5) is 90.5. The first kappa shape index (κ1) is 79.6. The van der Waals surface area contributed by atoms with Crippen molar-refractivity contribution in [2.75, 3.05) is 0 Å². The summed E-state index contributed by atoms with van der Waals surface area (Å²) in [6.45, 7) is 39.1. The molecular formula is C92H80O16-8. The number of benzene rings is 12. The Morgan fingerprint density at radius 1 is 0.157 bits per heavy atom. The van der Waals surface area contributed by atoms with Crippen LogP contribution < -0.4 is 40.9 Å². The summed E-state index contributed by atoms with van der Waals surface area (Å²) in [6.07, 6.45) is 0. The van der Waals surface area contributed by atoms with E-state index >= 15 is 0 Å². The number of carboxylic acid groups (broad SMARTS) is 8. The topological polar surface area (TPSA) is 321 Å². The molecule has 0 unspecified atom stereocenters. The molecule has 0 N–H and O–H groups in total. The molecule has 0 atom stereocenters. The number of carboxylic acids is 8. The van der Waals surface area contributed by atoms with Crippen LogP contribution in [-0.4, -0.2) is 47.8 Å². The lowest BCUT2D eigenvalue weighted by molar-refractivity contribution is -0.256. The van der Waals surface area contributed by atoms with Gasteiger partial charge in [-0.2, -0.15) is 0 Å². The van der Waals surface area contributed by atoms with Gasteiger partial charge >= 0.3 is 0 Å². The third-order valence-corrected chi connectivity index (χ3v) is 22.4. The molecule has 552 valence electrons. The molecule has 0 bridgehead atoms. The molecular weight excluding hydrogens is 1360 g/mol. The fraction of sp³-hybridized carbons (Fsp3) is 0.217. The van der Waals surface area contributed by atoms with Gasteiger partial charge in [-0.3, -0.25) is 0 Å². The predicted octanol–water partition coefficient (Wildman–Crippen LogP) is 11.1. The Morgan fingerprint density at radius 3 is 0.426 bits per heavy atom. The summed E-state index contributed by atoms with van der Waals surface area (Å²) < 4.78 is 0. The summed E-state index contributed by atoms with van der Waals surface area (Å²) >= 11 is 0. The normalized spacial score (nSPS) is 11.0. The molecule has 12 aromatic rings.